The summed E-state index contributed by atoms with van der Waals surface area (Å²) < 4.78 is 0. The van der Waals surface area contributed by atoms with Crippen molar-refractivity contribution in [2.75, 3.05) is 5.43 Å². The van der Waals surface area contributed by atoms with Crippen molar-refractivity contribution in [3.05, 3.63) is 28.8 Å². The molecule has 0 aliphatic heterocycles. The fourth-order valence-electron chi connectivity index (χ4n) is 1.25. The maximum Gasteiger partial charge on any atom is 0.203 e. The van der Waals surface area contributed by atoms with Crippen LogP contribution in [0.5, 0.6) is 17.2 Å². The lowest BCUT2D eigenvalue weighted by Gasteiger charge is -2.03. The van der Waals surface area contributed by atoms with Gasteiger partial charge in [-0.1, -0.05) is 0 Å². The van der Waals surface area contributed by atoms with Crippen LogP contribution in [0.1, 0.15) is 11.3 Å². The van der Waals surface area contributed by atoms with Crippen LogP contribution in [0.2, 0.25) is 0 Å². The van der Waals surface area contributed by atoms with E-state index in [1.807, 2.05) is 12.3 Å². The van der Waals surface area contributed by atoms with Gasteiger partial charge < -0.3 is 15.3 Å². The molecule has 94 valence electrons. The Labute approximate surface area is 107 Å². The van der Waals surface area contributed by atoms with Crippen molar-refractivity contribution in [3.8, 4) is 17.2 Å². The molecule has 0 amide bonds. The minimum atomic E-state index is -0.566. The molecule has 1 aromatic heterocycles. The lowest BCUT2D eigenvalue weighted by atomic mass is 10.2. The van der Waals surface area contributed by atoms with Gasteiger partial charge in [0.2, 0.25) is 10.9 Å². The van der Waals surface area contributed by atoms with E-state index in [1.54, 1.807) is 0 Å². The van der Waals surface area contributed by atoms with Crippen LogP contribution >= 0.6 is 11.3 Å². The summed E-state index contributed by atoms with van der Waals surface area (Å²) in [6, 6.07) is 2.70. The Balaban J connectivity index is 2.12. The van der Waals surface area contributed by atoms with Gasteiger partial charge in [0.05, 0.1) is 11.9 Å². The van der Waals surface area contributed by atoms with Crippen molar-refractivity contribution in [2.24, 2.45) is 5.10 Å². The number of phenols is 3. The molecule has 1 heterocycles. The van der Waals surface area contributed by atoms with E-state index in [0.29, 0.717) is 5.13 Å². The fourth-order valence-corrected chi connectivity index (χ4v) is 1.89. The van der Waals surface area contributed by atoms with E-state index in [2.05, 4.69) is 15.5 Å². The number of anilines is 1. The summed E-state index contributed by atoms with van der Waals surface area (Å²) in [5.74, 6) is -1.37. The van der Waals surface area contributed by atoms with Crippen molar-refractivity contribution < 1.29 is 15.3 Å². The van der Waals surface area contributed by atoms with Crippen LogP contribution in [0.4, 0.5) is 5.13 Å². The molecule has 0 aliphatic carbocycles. The van der Waals surface area contributed by atoms with Gasteiger partial charge in [0.1, 0.15) is 0 Å². The Kier molecular flexibility index (Phi) is 3.33. The Hall–Kier alpha value is -2.28. The summed E-state index contributed by atoms with van der Waals surface area (Å²) in [5, 5.41) is 34.4. The average Bonchev–Trinajstić information content (AvgIpc) is 2.75. The van der Waals surface area contributed by atoms with Gasteiger partial charge in [-0.05, 0) is 19.1 Å². The van der Waals surface area contributed by atoms with Crippen LogP contribution in [-0.4, -0.2) is 26.5 Å². The summed E-state index contributed by atoms with van der Waals surface area (Å²) in [6.45, 7) is 1.87. The second-order valence-electron chi connectivity index (χ2n) is 3.54. The molecule has 0 atom stereocenters. The molecule has 0 saturated carbocycles. The van der Waals surface area contributed by atoms with E-state index >= 15 is 0 Å². The van der Waals surface area contributed by atoms with Crippen LogP contribution < -0.4 is 5.43 Å². The number of benzene rings is 1. The van der Waals surface area contributed by atoms with Crippen molar-refractivity contribution in [3.63, 3.8) is 0 Å². The van der Waals surface area contributed by atoms with E-state index in [9.17, 15) is 10.2 Å². The van der Waals surface area contributed by atoms with E-state index in [1.165, 1.54) is 29.7 Å². The lowest BCUT2D eigenvalue weighted by Crippen LogP contribution is -1.90. The number of thiazole rings is 1. The van der Waals surface area contributed by atoms with Crippen LogP contribution in [0.15, 0.2) is 22.6 Å². The number of hydrazone groups is 1. The van der Waals surface area contributed by atoms with Crippen molar-refractivity contribution in [2.45, 2.75) is 6.92 Å². The maximum absolute atomic E-state index is 9.54. The quantitative estimate of drug-likeness (QED) is 0.386. The first-order chi connectivity index (χ1) is 8.58. The molecule has 1 aromatic carbocycles. The highest BCUT2D eigenvalue weighted by atomic mass is 32.1. The molecule has 0 aliphatic rings. The number of rotatable bonds is 3. The molecule has 0 spiro atoms. The van der Waals surface area contributed by atoms with Gasteiger partial charge in [0.15, 0.2) is 11.5 Å². The first-order valence-corrected chi connectivity index (χ1v) is 5.91. The molecule has 0 unspecified atom stereocenters. The first kappa shape index (κ1) is 12.2. The summed E-state index contributed by atoms with van der Waals surface area (Å²) in [5.41, 5.74) is 3.87. The third kappa shape index (κ3) is 2.51. The van der Waals surface area contributed by atoms with Gasteiger partial charge in [-0.2, -0.15) is 5.10 Å². The molecular formula is C11H11N3O3S. The van der Waals surface area contributed by atoms with Crippen LogP contribution in [0, 0.1) is 6.92 Å². The predicted molar refractivity (Wildman–Crippen MR) is 69.5 cm³/mol. The monoisotopic (exact) mass is 265 g/mol. The molecule has 2 aromatic rings. The molecular weight excluding hydrogens is 254 g/mol. The number of nitrogens with zero attached hydrogens (tertiary/aromatic N) is 2. The highest BCUT2D eigenvalue weighted by Crippen LogP contribution is 2.36. The summed E-state index contributed by atoms with van der Waals surface area (Å²) in [4.78, 5) is 4.14. The number of aromatic hydroxyl groups is 3. The van der Waals surface area contributed by atoms with Crippen LogP contribution in [0.25, 0.3) is 0 Å². The van der Waals surface area contributed by atoms with Crippen molar-refractivity contribution >= 4 is 22.7 Å². The van der Waals surface area contributed by atoms with Gasteiger partial charge in [0.25, 0.3) is 0 Å². The minimum absolute atomic E-state index is 0.283. The molecule has 0 saturated heterocycles. The van der Waals surface area contributed by atoms with Gasteiger partial charge in [0, 0.05) is 10.9 Å². The van der Waals surface area contributed by atoms with Crippen LogP contribution in [0.3, 0.4) is 0 Å². The molecule has 2 rings (SSSR count). The highest BCUT2D eigenvalue weighted by molar-refractivity contribution is 7.13. The predicted octanol–water partition coefficient (Wildman–Crippen LogP) is 2.01. The number of hydrogen-bond donors (Lipinski definition) is 4. The van der Waals surface area contributed by atoms with E-state index in [0.717, 1.165) is 5.69 Å². The van der Waals surface area contributed by atoms with E-state index < -0.39 is 11.5 Å². The third-order valence-electron chi connectivity index (χ3n) is 2.14. The topological polar surface area (TPSA) is 98.0 Å². The normalized spacial score (nSPS) is 10.9. The highest BCUT2D eigenvalue weighted by Gasteiger charge is 2.09. The molecule has 0 bridgehead atoms. The number of phenolic OH excluding ortho intramolecular Hbond substituents is 3. The first-order valence-electron chi connectivity index (χ1n) is 5.03. The summed E-state index contributed by atoms with van der Waals surface area (Å²) >= 11 is 1.41. The van der Waals surface area contributed by atoms with E-state index in [4.69, 9.17) is 5.11 Å². The summed E-state index contributed by atoms with van der Waals surface area (Å²) in [7, 11) is 0. The molecule has 6 nitrogen and oxygen atoms in total. The van der Waals surface area contributed by atoms with Crippen LogP contribution in [-0.2, 0) is 0 Å². The SMILES string of the molecule is Cc1csc(NN=Cc2ccc(O)c(O)c2O)n1. The molecule has 18 heavy (non-hydrogen) atoms. The Bertz CT molecular complexity index is 595. The lowest BCUT2D eigenvalue weighted by molar-refractivity contribution is 0.367. The molecule has 0 radical (unpaired) electrons. The zero-order valence-corrected chi connectivity index (χ0v) is 10.3. The second kappa shape index (κ2) is 4.92. The Morgan fingerprint density at radius 3 is 2.72 bits per heavy atom. The molecule has 7 heteroatoms. The van der Waals surface area contributed by atoms with Gasteiger partial charge in [-0.25, -0.2) is 4.98 Å². The van der Waals surface area contributed by atoms with Gasteiger partial charge >= 0.3 is 0 Å². The number of hydrogen-bond acceptors (Lipinski definition) is 7. The Morgan fingerprint density at radius 1 is 1.28 bits per heavy atom. The zero-order chi connectivity index (χ0) is 13.1. The fraction of sp³-hybridized carbons (Fsp3) is 0.0909. The number of nitrogens with one attached hydrogen (secondary N) is 1. The minimum Gasteiger partial charge on any atom is -0.504 e. The average molecular weight is 265 g/mol. The second-order valence-corrected chi connectivity index (χ2v) is 4.39. The van der Waals surface area contributed by atoms with Gasteiger partial charge in [-0.15, -0.1) is 11.3 Å². The number of aryl methyl sites for hydroxylation is 1. The van der Waals surface area contributed by atoms with E-state index in [-0.39, 0.29) is 11.3 Å². The van der Waals surface area contributed by atoms with Crippen molar-refractivity contribution in [1.29, 1.82) is 0 Å². The maximum atomic E-state index is 9.54. The van der Waals surface area contributed by atoms with Crippen molar-refractivity contribution in [1.82, 2.24) is 4.98 Å². The smallest absolute Gasteiger partial charge is 0.203 e. The number of aromatic nitrogens is 1. The standard InChI is InChI=1S/C11H11N3O3S/c1-6-5-18-11(13-6)14-12-4-7-2-3-8(15)10(17)9(7)16/h2-5,15-17H,1H3,(H,13,14). The Morgan fingerprint density at radius 2 is 2.06 bits per heavy atom. The molecule has 4 N–H and O–H groups in total. The molecule has 0 fully saturated rings. The zero-order valence-electron chi connectivity index (χ0n) is 9.45. The summed E-state index contributed by atoms with van der Waals surface area (Å²) in [6.07, 6.45) is 1.32. The third-order valence-corrected chi connectivity index (χ3v) is 3.01. The largest absolute Gasteiger partial charge is 0.504 e. The van der Waals surface area contributed by atoms with Gasteiger partial charge in [-0.3, -0.25) is 5.43 Å².